The fourth-order valence-corrected chi connectivity index (χ4v) is 2.05. The van der Waals surface area contributed by atoms with E-state index in [0.717, 1.165) is 6.26 Å². The van der Waals surface area contributed by atoms with Gasteiger partial charge < -0.3 is 15.2 Å². The Bertz CT molecular complexity index is 525. The lowest BCUT2D eigenvalue weighted by molar-refractivity contribution is 0.0280. The van der Waals surface area contributed by atoms with Gasteiger partial charge in [-0.3, -0.25) is 0 Å². The van der Waals surface area contributed by atoms with E-state index in [2.05, 4.69) is 10.0 Å². The molecule has 3 N–H and O–H groups in total. The first kappa shape index (κ1) is 18.0. The Labute approximate surface area is 124 Å². The lowest BCUT2D eigenvalue weighted by Gasteiger charge is -2.12. The number of sulfonamides is 1. The third kappa shape index (κ3) is 8.74. The Hall–Kier alpha value is -1.06. The predicted molar refractivity (Wildman–Crippen MR) is 77.8 cm³/mol. The van der Waals surface area contributed by atoms with Crippen LogP contribution in [0.1, 0.15) is 5.56 Å². The molecule has 1 rings (SSSR count). The number of hydrogen-bond acceptors (Lipinski definition) is 5. The van der Waals surface area contributed by atoms with E-state index in [0.29, 0.717) is 12.1 Å². The average Bonchev–Trinajstić information content (AvgIpc) is 2.39. The van der Waals surface area contributed by atoms with Gasteiger partial charge in [0.2, 0.25) is 10.0 Å². The Morgan fingerprint density at radius 1 is 1.33 bits per heavy atom. The van der Waals surface area contributed by atoms with Crippen molar-refractivity contribution in [3.63, 3.8) is 0 Å². The minimum atomic E-state index is -3.19. The van der Waals surface area contributed by atoms with Crippen molar-refractivity contribution in [3.8, 4) is 0 Å². The summed E-state index contributed by atoms with van der Waals surface area (Å²) in [5, 5.41) is 12.5. The largest absolute Gasteiger partial charge is 0.389 e. The average molecular weight is 320 g/mol. The summed E-state index contributed by atoms with van der Waals surface area (Å²) in [7, 11) is -3.19. The van der Waals surface area contributed by atoms with Crippen LogP contribution in [0.25, 0.3) is 0 Å². The lowest BCUT2D eigenvalue weighted by atomic mass is 10.2. The Morgan fingerprint density at radius 3 is 2.71 bits per heavy atom. The minimum absolute atomic E-state index is 0.0703. The molecule has 0 spiro atoms. The van der Waals surface area contributed by atoms with Gasteiger partial charge in [-0.1, -0.05) is 18.2 Å². The third-order valence-corrected chi connectivity index (χ3v) is 3.30. The van der Waals surface area contributed by atoms with Crippen LogP contribution in [0.4, 0.5) is 4.39 Å². The third-order valence-electron chi connectivity index (χ3n) is 2.57. The van der Waals surface area contributed by atoms with Gasteiger partial charge in [0.05, 0.1) is 25.6 Å². The summed E-state index contributed by atoms with van der Waals surface area (Å²) in [5.41, 5.74) is 0.440. The van der Waals surface area contributed by atoms with Gasteiger partial charge in [-0.05, 0) is 6.07 Å². The normalized spacial score (nSPS) is 13.3. The molecule has 0 saturated heterocycles. The van der Waals surface area contributed by atoms with Crippen LogP contribution < -0.4 is 10.0 Å². The molecule has 120 valence electrons. The summed E-state index contributed by atoms with van der Waals surface area (Å²) in [6.45, 7) is 1.09. The van der Waals surface area contributed by atoms with E-state index in [1.165, 1.54) is 6.07 Å². The van der Waals surface area contributed by atoms with Crippen LogP contribution in [0.5, 0.6) is 0 Å². The predicted octanol–water partition coefficient (Wildman–Crippen LogP) is -0.158. The van der Waals surface area contributed by atoms with Crippen LogP contribution in [-0.4, -0.2) is 52.1 Å². The molecule has 0 aliphatic heterocycles. The Kier molecular flexibility index (Phi) is 7.76. The maximum absolute atomic E-state index is 13.3. The molecule has 1 atom stereocenters. The van der Waals surface area contributed by atoms with Gasteiger partial charge in [0.25, 0.3) is 0 Å². The quantitative estimate of drug-likeness (QED) is 0.522. The molecule has 0 radical (unpaired) electrons. The molecule has 6 nitrogen and oxygen atoms in total. The second-order valence-corrected chi connectivity index (χ2v) is 6.46. The van der Waals surface area contributed by atoms with E-state index in [-0.39, 0.29) is 32.1 Å². The molecule has 0 aliphatic rings. The van der Waals surface area contributed by atoms with Crippen molar-refractivity contribution in [2.75, 3.05) is 32.5 Å². The molecule has 1 aromatic carbocycles. The summed E-state index contributed by atoms with van der Waals surface area (Å²) in [6, 6.07) is 6.29. The minimum Gasteiger partial charge on any atom is -0.389 e. The second kappa shape index (κ2) is 9.06. The number of rotatable bonds is 10. The first-order valence-electron chi connectivity index (χ1n) is 6.53. The van der Waals surface area contributed by atoms with E-state index in [4.69, 9.17) is 4.74 Å². The molecular formula is C13H21FN2O4S. The zero-order valence-corrected chi connectivity index (χ0v) is 12.7. The molecule has 0 aliphatic carbocycles. The van der Waals surface area contributed by atoms with E-state index < -0.39 is 16.1 Å². The van der Waals surface area contributed by atoms with Crippen molar-refractivity contribution in [2.24, 2.45) is 0 Å². The number of aliphatic hydroxyl groups is 1. The van der Waals surface area contributed by atoms with Crippen molar-refractivity contribution in [3.05, 3.63) is 35.6 Å². The van der Waals surface area contributed by atoms with E-state index >= 15 is 0 Å². The van der Waals surface area contributed by atoms with E-state index in [1.54, 1.807) is 18.2 Å². The molecule has 0 fully saturated rings. The first-order valence-corrected chi connectivity index (χ1v) is 8.42. The fourth-order valence-electron chi connectivity index (χ4n) is 1.57. The van der Waals surface area contributed by atoms with Crippen LogP contribution in [-0.2, 0) is 21.4 Å². The smallest absolute Gasteiger partial charge is 0.208 e. The highest BCUT2D eigenvalue weighted by Gasteiger charge is 2.06. The van der Waals surface area contributed by atoms with E-state index in [9.17, 15) is 17.9 Å². The Morgan fingerprint density at radius 2 is 2.05 bits per heavy atom. The summed E-state index contributed by atoms with van der Waals surface area (Å²) in [4.78, 5) is 0. The van der Waals surface area contributed by atoms with Gasteiger partial charge >= 0.3 is 0 Å². The van der Waals surface area contributed by atoms with Crippen LogP contribution in [0, 0.1) is 5.82 Å². The number of halogens is 1. The first-order chi connectivity index (χ1) is 9.88. The van der Waals surface area contributed by atoms with Gasteiger partial charge in [0.15, 0.2) is 0 Å². The van der Waals surface area contributed by atoms with Crippen molar-refractivity contribution in [1.82, 2.24) is 10.0 Å². The van der Waals surface area contributed by atoms with Gasteiger partial charge in [-0.25, -0.2) is 17.5 Å². The van der Waals surface area contributed by atoms with Crippen molar-refractivity contribution in [2.45, 2.75) is 12.7 Å². The molecule has 1 aromatic rings. The molecule has 1 unspecified atom stereocenters. The summed E-state index contributed by atoms with van der Waals surface area (Å²) < 4.78 is 42.4. The zero-order chi connectivity index (χ0) is 15.7. The van der Waals surface area contributed by atoms with Gasteiger partial charge in [-0.2, -0.15) is 0 Å². The van der Waals surface area contributed by atoms with Gasteiger partial charge in [0.1, 0.15) is 5.82 Å². The SMILES string of the molecule is CS(=O)(=O)NCCNCC(O)COCc1ccccc1F. The number of benzene rings is 1. The Balaban J connectivity index is 2.09. The number of ether oxygens (including phenoxy) is 1. The zero-order valence-electron chi connectivity index (χ0n) is 11.9. The molecule has 0 amide bonds. The second-order valence-electron chi connectivity index (χ2n) is 4.63. The molecule has 0 heterocycles. The lowest BCUT2D eigenvalue weighted by Crippen LogP contribution is -2.36. The highest BCUT2D eigenvalue weighted by molar-refractivity contribution is 7.88. The maximum Gasteiger partial charge on any atom is 0.208 e. The standard InChI is InChI=1S/C13H21FN2O4S/c1-21(18,19)16-7-6-15-8-12(17)10-20-9-11-4-2-3-5-13(11)14/h2-5,12,15-17H,6-10H2,1H3. The fraction of sp³-hybridized carbons (Fsp3) is 0.538. The van der Waals surface area contributed by atoms with Gasteiger partial charge in [-0.15, -0.1) is 0 Å². The summed E-state index contributed by atoms with van der Waals surface area (Å²) >= 11 is 0. The number of hydrogen-bond donors (Lipinski definition) is 3. The van der Waals surface area contributed by atoms with Gasteiger partial charge in [0, 0.05) is 25.2 Å². The number of aliphatic hydroxyl groups excluding tert-OH is 1. The highest BCUT2D eigenvalue weighted by Crippen LogP contribution is 2.07. The van der Waals surface area contributed by atoms with Crippen LogP contribution in [0.3, 0.4) is 0 Å². The molecular weight excluding hydrogens is 299 g/mol. The number of nitrogens with one attached hydrogen (secondary N) is 2. The summed E-state index contributed by atoms with van der Waals surface area (Å²) in [5.74, 6) is -0.336. The highest BCUT2D eigenvalue weighted by atomic mass is 32.2. The molecule has 21 heavy (non-hydrogen) atoms. The van der Waals surface area contributed by atoms with Crippen LogP contribution in [0.2, 0.25) is 0 Å². The monoisotopic (exact) mass is 320 g/mol. The van der Waals surface area contributed by atoms with E-state index in [1.807, 2.05) is 0 Å². The van der Waals surface area contributed by atoms with Crippen LogP contribution >= 0.6 is 0 Å². The topological polar surface area (TPSA) is 87.7 Å². The summed E-state index contributed by atoms with van der Waals surface area (Å²) in [6.07, 6.45) is 0.341. The van der Waals surface area contributed by atoms with Crippen molar-refractivity contribution in [1.29, 1.82) is 0 Å². The molecule has 8 heteroatoms. The molecule has 0 aromatic heterocycles. The van der Waals surface area contributed by atoms with Crippen molar-refractivity contribution < 1.29 is 22.7 Å². The van der Waals surface area contributed by atoms with Crippen molar-refractivity contribution >= 4 is 10.0 Å². The molecule has 0 saturated carbocycles. The van der Waals surface area contributed by atoms with Crippen LogP contribution in [0.15, 0.2) is 24.3 Å². The maximum atomic E-state index is 13.3. The molecule has 0 bridgehead atoms.